The van der Waals surface area contributed by atoms with Crippen LogP contribution in [0.3, 0.4) is 0 Å². The van der Waals surface area contributed by atoms with Crippen LogP contribution >= 0.6 is 12.4 Å². The number of hydrogen-bond donors (Lipinski definition) is 1. The number of aromatic nitrogens is 2. The van der Waals surface area contributed by atoms with Gasteiger partial charge in [-0.2, -0.15) is 5.10 Å². The second-order valence-corrected chi connectivity index (χ2v) is 5.45. The van der Waals surface area contributed by atoms with E-state index in [1.165, 1.54) is 0 Å². The van der Waals surface area contributed by atoms with Crippen LogP contribution in [-0.2, 0) is 0 Å². The van der Waals surface area contributed by atoms with E-state index in [9.17, 15) is 0 Å². The molecule has 25 heavy (non-hydrogen) atoms. The third-order valence-electron chi connectivity index (χ3n) is 3.78. The van der Waals surface area contributed by atoms with E-state index < -0.39 is 0 Å². The van der Waals surface area contributed by atoms with Gasteiger partial charge in [-0.05, 0) is 61.0 Å². The first kappa shape index (κ1) is 18.8. The molecule has 0 atom stereocenters. The monoisotopic (exact) mass is 359 g/mol. The first-order valence-electron chi connectivity index (χ1n) is 7.85. The number of ether oxygens (including phenoxy) is 2. The number of nitrogens with zero attached hydrogens (tertiary/aromatic N) is 2. The van der Waals surface area contributed by atoms with E-state index in [1.54, 1.807) is 7.11 Å². The smallest absolute Gasteiger partial charge is 0.119 e. The molecule has 5 nitrogen and oxygen atoms in total. The minimum absolute atomic E-state index is 0. The molecule has 0 aliphatic rings. The lowest BCUT2D eigenvalue weighted by atomic mass is 10.1. The average molecular weight is 360 g/mol. The predicted octanol–water partition coefficient (Wildman–Crippen LogP) is 3.62. The predicted molar refractivity (Wildman–Crippen MR) is 102 cm³/mol. The van der Waals surface area contributed by atoms with Gasteiger partial charge in [0.05, 0.1) is 24.7 Å². The van der Waals surface area contributed by atoms with E-state index in [4.69, 9.17) is 15.2 Å². The standard InChI is InChI=1S/C19H21N3O2.ClH/c1-14-13-21-22(16-5-9-17(23-2)10-6-16)19(14)15-3-7-18(8-4-15)24-12-11-20;/h3-10,13H,11-12,20H2,1-2H3;1H. The van der Waals surface area contributed by atoms with Gasteiger partial charge in [-0.25, -0.2) is 4.68 Å². The summed E-state index contributed by atoms with van der Waals surface area (Å²) < 4.78 is 12.7. The second-order valence-electron chi connectivity index (χ2n) is 5.45. The molecule has 0 bridgehead atoms. The van der Waals surface area contributed by atoms with Gasteiger partial charge < -0.3 is 15.2 Å². The number of benzene rings is 2. The number of nitrogens with two attached hydrogens (primary N) is 1. The number of halogens is 1. The highest BCUT2D eigenvalue weighted by Gasteiger charge is 2.12. The van der Waals surface area contributed by atoms with Gasteiger partial charge in [-0.15, -0.1) is 12.4 Å². The molecule has 0 saturated carbocycles. The lowest BCUT2D eigenvalue weighted by Gasteiger charge is -2.11. The zero-order valence-electron chi connectivity index (χ0n) is 14.3. The van der Waals surface area contributed by atoms with Crippen molar-refractivity contribution < 1.29 is 9.47 Å². The van der Waals surface area contributed by atoms with E-state index in [-0.39, 0.29) is 12.4 Å². The molecule has 3 aromatic rings. The molecule has 0 fully saturated rings. The molecule has 0 aliphatic carbocycles. The molecule has 6 heteroatoms. The molecule has 2 aromatic carbocycles. The largest absolute Gasteiger partial charge is 0.497 e. The molecule has 1 heterocycles. The fourth-order valence-corrected chi connectivity index (χ4v) is 2.59. The number of rotatable bonds is 6. The van der Waals surface area contributed by atoms with Crippen LogP contribution in [0.2, 0.25) is 0 Å². The van der Waals surface area contributed by atoms with Crippen molar-refractivity contribution in [3.63, 3.8) is 0 Å². The Labute approximate surface area is 153 Å². The van der Waals surface area contributed by atoms with E-state index >= 15 is 0 Å². The van der Waals surface area contributed by atoms with Crippen LogP contribution in [0.25, 0.3) is 16.9 Å². The Hall–Kier alpha value is -2.50. The fraction of sp³-hybridized carbons (Fsp3) is 0.211. The van der Waals surface area contributed by atoms with Crippen molar-refractivity contribution in [3.05, 3.63) is 60.3 Å². The number of methoxy groups -OCH3 is 1. The van der Waals surface area contributed by atoms with E-state index in [0.29, 0.717) is 13.2 Å². The minimum atomic E-state index is 0. The Morgan fingerprint density at radius 2 is 1.64 bits per heavy atom. The first-order chi connectivity index (χ1) is 11.7. The Bertz CT molecular complexity index is 799. The summed E-state index contributed by atoms with van der Waals surface area (Å²) in [4.78, 5) is 0. The molecule has 0 radical (unpaired) electrons. The second kappa shape index (κ2) is 8.55. The molecule has 132 valence electrons. The van der Waals surface area contributed by atoms with Crippen molar-refractivity contribution in [1.29, 1.82) is 0 Å². The molecule has 0 saturated heterocycles. The van der Waals surface area contributed by atoms with Crippen LogP contribution < -0.4 is 15.2 Å². The van der Waals surface area contributed by atoms with E-state index in [1.807, 2.05) is 59.4 Å². The van der Waals surface area contributed by atoms with Crippen LogP contribution in [0.15, 0.2) is 54.7 Å². The molecule has 0 unspecified atom stereocenters. The molecule has 2 N–H and O–H groups in total. The van der Waals surface area contributed by atoms with Crippen LogP contribution in [0.4, 0.5) is 0 Å². The summed E-state index contributed by atoms with van der Waals surface area (Å²) in [6.45, 7) is 3.08. The van der Waals surface area contributed by atoms with Gasteiger partial charge in [0.1, 0.15) is 18.1 Å². The zero-order valence-corrected chi connectivity index (χ0v) is 15.1. The van der Waals surface area contributed by atoms with Gasteiger partial charge in [0, 0.05) is 12.1 Å². The van der Waals surface area contributed by atoms with Crippen molar-refractivity contribution >= 4 is 12.4 Å². The van der Waals surface area contributed by atoms with E-state index in [0.717, 1.165) is 34.0 Å². The van der Waals surface area contributed by atoms with Gasteiger partial charge in [0.25, 0.3) is 0 Å². The Morgan fingerprint density at radius 3 is 2.24 bits per heavy atom. The molecule has 3 rings (SSSR count). The first-order valence-corrected chi connectivity index (χ1v) is 7.85. The Morgan fingerprint density at radius 1 is 1.00 bits per heavy atom. The van der Waals surface area contributed by atoms with E-state index in [2.05, 4.69) is 12.0 Å². The molecule has 0 aliphatic heterocycles. The summed E-state index contributed by atoms with van der Waals surface area (Å²) in [5.74, 6) is 1.64. The molecule has 0 amide bonds. The highest BCUT2D eigenvalue weighted by Crippen LogP contribution is 2.28. The highest BCUT2D eigenvalue weighted by atomic mass is 35.5. The maximum atomic E-state index is 5.54. The molecular formula is C19H22ClN3O2. The SMILES string of the molecule is COc1ccc(-n2ncc(C)c2-c2ccc(OCCN)cc2)cc1.Cl. The third kappa shape index (κ3) is 4.13. The average Bonchev–Trinajstić information content (AvgIpc) is 3.02. The summed E-state index contributed by atoms with van der Waals surface area (Å²) in [7, 11) is 1.66. The van der Waals surface area contributed by atoms with Gasteiger partial charge in [-0.1, -0.05) is 0 Å². The van der Waals surface area contributed by atoms with Crippen LogP contribution in [-0.4, -0.2) is 30.0 Å². The van der Waals surface area contributed by atoms with Gasteiger partial charge in [-0.3, -0.25) is 0 Å². The molecule has 1 aromatic heterocycles. The van der Waals surface area contributed by atoms with Gasteiger partial charge >= 0.3 is 0 Å². The third-order valence-corrected chi connectivity index (χ3v) is 3.78. The van der Waals surface area contributed by atoms with Crippen molar-refractivity contribution in [3.8, 4) is 28.4 Å². The minimum Gasteiger partial charge on any atom is -0.497 e. The maximum absolute atomic E-state index is 5.54. The van der Waals surface area contributed by atoms with Crippen LogP contribution in [0.1, 0.15) is 5.56 Å². The normalized spacial score (nSPS) is 10.2. The van der Waals surface area contributed by atoms with Gasteiger partial charge in [0.15, 0.2) is 0 Å². The fourth-order valence-electron chi connectivity index (χ4n) is 2.59. The quantitative estimate of drug-likeness (QED) is 0.730. The van der Waals surface area contributed by atoms with Crippen molar-refractivity contribution in [1.82, 2.24) is 9.78 Å². The van der Waals surface area contributed by atoms with Gasteiger partial charge in [0.2, 0.25) is 0 Å². The maximum Gasteiger partial charge on any atom is 0.119 e. The molecular weight excluding hydrogens is 338 g/mol. The lowest BCUT2D eigenvalue weighted by molar-refractivity contribution is 0.328. The summed E-state index contributed by atoms with van der Waals surface area (Å²) in [6, 6.07) is 15.8. The number of aryl methyl sites for hydroxylation is 1. The van der Waals surface area contributed by atoms with Crippen LogP contribution in [0.5, 0.6) is 11.5 Å². The van der Waals surface area contributed by atoms with Crippen molar-refractivity contribution in [2.24, 2.45) is 5.73 Å². The topological polar surface area (TPSA) is 62.3 Å². The number of hydrogen-bond acceptors (Lipinski definition) is 4. The summed E-state index contributed by atoms with van der Waals surface area (Å²) in [5.41, 5.74) is 9.71. The lowest BCUT2D eigenvalue weighted by Crippen LogP contribution is -2.10. The Kier molecular flexibility index (Phi) is 6.44. The highest BCUT2D eigenvalue weighted by molar-refractivity contribution is 5.85. The summed E-state index contributed by atoms with van der Waals surface area (Å²) in [6.07, 6.45) is 1.87. The van der Waals surface area contributed by atoms with Crippen LogP contribution in [0, 0.1) is 6.92 Å². The van der Waals surface area contributed by atoms with Crippen molar-refractivity contribution in [2.45, 2.75) is 6.92 Å². The zero-order chi connectivity index (χ0) is 16.9. The summed E-state index contributed by atoms with van der Waals surface area (Å²) >= 11 is 0. The molecule has 0 spiro atoms. The summed E-state index contributed by atoms with van der Waals surface area (Å²) in [5, 5.41) is 4.52. The van der Waals surface area contributed by atoms with Crippen molar-refractivity contribution in [2.75, 3.05) is 20.3 Å². The Balaban J connectivity index is 0.00000225.